The van der Waals surface area contributed by atoms with Crippen molar-refractivity contribution in [1.29, 1.82) is 0 Å². The van der Waals surface area contributed by atoms with Gasteiger partial charge in [0.05, 0.1) is 20.0 Å². The van der Waals surface area contributed by atoms with Crippen molar-refractivity contribution in [3.8, 4) is 5.88 Å². The smallest absolute Gasteiger partial charge is 0.238 e. The van der Waals surface area contributed by atoms with Crippen LogP contribution in [0.4, 0.5) is 0 Å². The number of rotatable bonds is 6. The number of nitrogens with zero attached hydrogens (tertiary/aromatic N) is 4. The molecule has 1 heterocycles. The Kier molecular flexibility index (Phi) is 5.65. The van der Waals surface area contributed by atoms with E-state index in [1.807, 2.05) is 4.90 Å². The van der Waals surface area contributed by atoms with E-state index >= 15 is 0 Å². The van der Waals surface area contributed by atoms with Crippen molar-refractivity contribution < 1.29 is 9.47 Å². The van der Waals surface area contributed by atoms with Crippen LogP contribution in [0.1, 0.15) is 5.56 Å². The van der Waals surface area contributed by atoms with Gasteiger partial charge in [0.1, 0.15) is 6.73 Å². The monoisotopic (exact) mass is 258 g/mol. The van der Waals surface area contributed by atoms with Crippen LogP contribution in [0.3, 0.4) is 0 Å². The van der Waals surface area contributed by atoms with Gasteiger partial charge in [-0.3, -0.25) is 4.99 Å². The maximum absolute atomic E-state index is 5.80. The number of methoxy groups -OCH3 is 2. The number of hydrogen-bond acceptors (Lipinski definition) is 5. The first-order valence-corrected chi connectivity index (χ1v) is 5.30. The minimum atomic E-state index is 0.326. The SMILES string of the molecule is CN=CN(COC)Cc1cc(Cl)nnc1OC. The molecule has 0 spiro atoms. The van der Waals surface area contributed by atoms with E-state index in [1.165, 1.54) is 7.11 Å². The maximum atomic E-state index is 5.80. The molecule has 0 atom stereocenters. The molecule has 0 aliphatic rings. The third-order valence-electron chi connectivity index (χ3n) is 1.94. The molecule has 0 N–H and O–H groups in total. The van der Waals surface area contributed by atoms with Gasteiger partial charge in [0.25, 0.3) is 0 Å². The normalized spacial score (nSPS) is 10.8. The van der Waals surface area contributed by atoms with Gasteiger partial charge in [-0.25, -0.2) is 0 Å². The Morgan fingerprint density at radius 3 is 2.82 bits per heavy atom. The summed E-state index contributed by atoms with van der Waals surface area (Å²) >= 11 is 5.80. The van der Waals surface area contributed by atoms with E-state index in [9.17, 15) is 0 Å². The Bertz CT molecular complexity index is 387. The molecule has 0 aliphatic heterocycles. The van der Waals surface area contributed by atoms with Gasteiger partial charge in [-0.05, 0) is 6.07 Å². The fraction of sp³-hybridized carbons (Fsp3) is 0.500. The molecule has 0 saturated heterocycles. The van der Waals surface area contributed by atoms with Gasteiger partial charge in [-0.1, -0.05) is 11.6 Å². The van der Waals surface area contributed by atoms with Crippen LogP contribution in [0.2, 0.25) is 5.15 Å². The molecular formula is C10H15ClN4O2. The van der Waals surface area contributed by atoms with Crippen LogP contribution in [0, 0.1) is 0 Å². The van der Waals surface area contributed by atoms with Gasteiger partial charge in [-0.2, -0.15) is 0 Å². The molecule has 7 heteroatoms. The number of halogens is 1. The largest absolute Gasteiger partial charge is 0.480 e. The zero-order chi connectivity index (χ0) is 12.7. The van der Waals surface area contributed by atoms with E-state index in [-0.39, 0.29) is 0 Å². The zero-order valence-electron chi connectivity index (χ0n) is 10.1. The van der Waals surface area contributed by atoms with Gasteiger partial charge in [0.2, 0.25) is 5.88 Å². The summed E-state index contributed by atoms with van der Waals surface area (Å²) < 4.78 is 10.2. The number of hydrogen-bond donors (Lipinski definition) is 0. The van der Waals surface area contributed by atoms with E-state index < -0.39 is 0 Å². The average Bonchev–Trinajstić information content (AvgIpc) is 2.30. The van der Waals surface area contributed by atoms with Crippen molar-refractivity contribution in [2.75, 3.05) is 28.0 Å². The molecule has 1 aromatic rings. The van der Waals surface area contributed by atoms with Crippen molar-refractivity contribution in [1.82, 2.24) is 15.1 Å². The minimum Gasteiger partial charge on any atom is -0.480 e. The lowest BCUT2D eigenvalue weighted by Gasteiger charge is -2.18. The van der Waals surface area contributed by atoms with Gasteiger partial charge in [0.15, 0.2) is 5.15 Å². The summed E-state index contributed by atoms with van der Waals surface area (Å²) in [6.45, 7) is 0.948. The fourth-order valence-electron chi connectivity index (χ4n) is 1.34. The molecule has 6 nitrogen and oxygen atoms in total. The number of aromatic nitrogens is 2. The Labute approximate surface area is 105 Å². The lowest BCUT2D eigenvalue weighted by atomic mass is 10.3. The highest BCUT2D eigenvalue weighted by molar-refractivity contribution is 6.29. The van der Waals surface area contributed by atoms with Crippen LogP contribution < -0.4 is 4.74 Å². The quantitative estimate of drug-likeness (QED) is 0.436. The van der Waals surface area contributed by atoms with Crippen molar-refractivity contribution >= 4 is 17.9 Å². The predicted molar refractivity (Wildman–Crippen MR) is 65.4 cm³/mol. The molecule has 0 unspecified atom stereocenters. The van der Waals surface area contributed by atoms with Gasteiger partial charge in [0, 0.05) is 19.7 Å². The van der Waals surface area contributed by atoms with Crippen LogP contribution in [0.15, 0.2) is 11.1 Å². The Morgan fingerprint density at radius 2 is 2.24 bits per heavy atom. The molecule has 1 aromatic heterocycles. The zero-order valence-corrected chi connectivity index (χ0v) is 10.8. The third kappa shape index (κ3) is 4.16. The van der Waals surface area contributed by atoms with E-state index in [4.69, 9.17) is 21.1 Å². The summed E-state index contributed by atoms with van der Waals surface area (Å²) in [5.74, 6) is 0.444. The molecule has 94 valence electrons. The van der Waals surface area contributed by atoms with Crippen LogP contribution in [-0.4, -0.2) is 49.4 Å². The van der Waals surface area contributed by atoms with E-state index in [1.54, 1.807) is 26.6 Å². The number of ether oxygens (including phenoxy) is 2. The second-order valence-electron chi connectivity index (χ2n) is 3.24. The Balaban J connectivity index is 2.86. The molecule has 17 heavy (non-hydrogen) atoms. The second kappa shape index (κ2) is 7.03. The second-order valence-corrected chi connectivity index (χ2v) is 3.63. The average molecular weight is 259 g/mol. The topological polar surface area (TPSA) is 59.8 Å². The summed E-state index contributed by atoms with van der Waals surface area (Å²) in [5.41, 5.74) is 0.824. The molecule has 0 aromatic carbocycles. The fourth-order valence-corrected chi connectivity index (χ4v) is 1.51. The first-order valence-electron chi connectivity index (χ1n) is 4.92. The highest BCUT2D eigenvalue weighted by Crippen LogP contribution is 2.18. The predicted octanol–water partition coefficient (Wildman–Crippen LogP) is 1.20. The third-order valence-corrected chi connectivity index (χ3v) is 2.13. The van der Waals surface area contributed by atoms with E-state index in [0.717, 1.165) is 5.56 Å². The van der Waals surface area contributed by atoms with Crippen molar-refractivity contribution in [3.63, 3.8) is 0 Å². The molecule has 0 bridgehead atoms. The lowest BCUT2D eigenvalue weighted by Crippen LogP contribution is -2.24. The van der Waals surface area contributed by atoms with Crippen LogP contribution in [0.25, 0.3) is 0 Å². The van der Waals surface area contributed by atoms with Crippen molar-refractivity contribution in [2.24, 2.45) is 4.99 Å². The van der Waals surface area contributed by atoms with Crippen molar-refractivity contribution in [2.45, 2.75) is 6.54 Å². The van der Waals surface area contributed by atoms with Crippen LogP contribution in [-0.2, 0) is 11.3 Å². The van der Waals surface area contributed by atoms with Crippen molar-refractivity contribution in [3.05, 3.63) is 16.8 Å². The van der Waals surface area contributed by atoms with Gasteiger partial charge in [-0.15, -0.1) is 10.2 Å². The molecule has 0 saturated carbocycles. The maximum Gasteiger partial charge on any atom is 0.238 e. The van der Waals surface area contributed by atoms with Crippen LogP contribution in [0.5, 0.6) is 5.88 Å². The molecule has 0 fully saturated rings. The van der Waals surface area contributed by atoms with E-state index in [0.29, 0.717) is 24.3 Å². The molecule has 0 radical (unpaired) electrons. The Morgan fingerprint density at radius 1 is 1.47 bits per heavy atom. The van der Waals surface area contributed by atoms with Crippen LogP contribution >= 0.6 is 11.6 Å². The highest BCUT2D eigenvalue weighted by Gasteiger charge is 2.10. The summed E-state index contributed by atoms with van der Waals surface area (Å²) in [6.07, 6.45) is 1.68. The summed E-state index contributed by atoms with van der Waals surface area (Å²) in [4.78, 5) is 5.80. The molecule has 0 aliphatic carbocycles. The van der Waals surface area contributed by atoms with E-state index in [2.05, 4.69) is 15.2 Å². The summed E-state index contributed by atoms with van der Waals surface area (Å²) in [6, 6.07) is 1.71. The molecular weight excluding hydrogens is 244 g/mol. The lowest BCUT2D eigenvalue weighted by molar-refractivity contribution is 0.108. The van der Waals surface area contributed by atoms with Gasteiger partial charge >= 0.3 is 0 Å². The molecule has 1 rings (SSSR count). The number of aliphatic imine (C=N–C) groups is 1. The first-order chi connectivity index (χ1) is 8.21. The van der Waals surface area contributed by atoms with Gasteiger partial charge < -0.3 is 14.4 Å². The summed E-state index contributed by atoms with van der Waals surface area (Å²) in [7, 11) is 4.85. The minimum absolute atomic E-state index is 0.326. The summed E-state index contributed by atoms with van der Waals surface area (Å²) in [5, 5.41) is 7.90. The Hall–Kier alpha value is -1.40. The first kappa shape index (κ1) is 13.7. The highest BCUT2D eigenvalue weighted by atomic mass is 35.5. The molecule has 0 amide bonds. The standard InChI is InChI=1S/C10H15ClN4O2/c1-12-6-15(7-16-2)5-8-4-9(11)13-14-10(8)17-3/h4,6H,5,7H2,1-3H3.